The van der Waals surface area contributed by atoms with E-state index in [2.05, 4.69) is 5.32 Å². The van der Waals surface area contributed by atoms with Crippen LogP contribution in [0, 0.1) is 0 Å². The molecular formula is C24H27N2O4+. The summed E-state index contributed by atoms with van der Waals surface area (Å²) in [5, 5.41) is 3.10. The predicted molar refractivity (Wildman–Crippen MR) is 114 cm³/mol. The number of rotatable bonds is 5. The van der Waals surface area contributed by atoms with Crippen LogP contribution in [0.2, 0.25) is 0 Å². The fourth-order valence-electron chi connectivity index (χ4n) is 4.10. The van der Waals surface area contributed by atoms with Crippen molar-refractivity contribution in [3.63, 3.8) is 0 Å². The molecule has 2 amide bonds. The van der Waals surface area contributed by atoms with Crippen molar-refractivity contribution in [1.29, 1.82) is 0 Å². The van der Waals surface area contributed by atoms with Crippen LogP contribution in [0.15, 0.2) is 54.3 Å². The Labute approximate surface area is 176 Å². The summed E-state index contributed by atoms with van der Waals surface area (Å²) in [5.41, 5.74) is 1.48. The summed E-state index contributed by atoms with van der Waals surface area (Å²) in [4.78, 5) is 25.9. The maximum absolute atomic E-state index is 13.2. The van der Waals surface area contributed by atoms with Crippen molar-refractivity contribution in [3.8, 4) is 5.75 Å². The molecule has 0 bridgehead atoms. The molecule has 3 aliphatic rings. The molecule has 1 N–H and O–H groups in total. The molecular weight excluding hydrogens is 380 g/mol. The van der Waals surface area contributed by atoms with Crippen LogP contribution in [-0.2, 0) is 14.3 Å². The van der Waals surface area contributed by atoms with Gasteiger partial charge in [0.15, 0.2) is 0 Å². The number of hydrogen-bond donors (Lipinski definition) is 1. The molecule has 1 heterocycles. The highest BCUT2D eigenvalue weighted by molar-refractivity contribution is 6.06. The highest BCUT2D eigenvalue weighted by Crippen LogP contribution is 2.22. The molecule has 1 aliphatic heterocycles. The number of amides is 2. The first-order valence-electron chi connectivity index (χ1n) is 10.5. The molecule has 2 aliphatic carbocycles. The van der Waals surface area contributed by atoms with Crippen molar-refractivity contribution < 1.29 is 23.6 Å². The molecule has 0 aromatic heterocycles. The van der Waals surface area contributed by atoms with E-state index in [-0.39, 0.29) is 30.2 Å². The number of ether oxygens (including phenoxy) is 2. The third kappa shape index (κ3) is 4.53. The normalized spacial score (nSPS) is 22.6. The molecule has 1 aromatic carbocycles. The molecule has 1 saturated carbocycles. The molecule has 6 heteroatoms. The Balaban J connectivity index is 1.58. The number of benzene rings is 1. The number of carbonyl (C=O) groups excluding carboxylic acids is 2. The largest absolute Gasteiger partial charge is 0.497 e. The van der Waals surface area contributed by atoms with Gasteiger partial charge >= 0.3 is 5.91 Å². The van der Waals surface area contributed by atoms with Gasteiger partial charge in [0.25, 0.3) is 5.91 Å². The Morgan fingerprint density at radius 1 is 1.27 bits per heavy atom. The van der Waals surface area contributed by atoms with E-state index < -0.39 is 6.10 Å². The van der Waals surface area contributed by atoms with Crippen LogP contribution in [0.25, 0.3) is 6.08 Å². The predicted octanol–water partition coefficient (Wildman–Crippen LogP) is 2.99. The standard InChI is InChI=1S/C24H26N2O4/c1-29-19-11-7-8-17(14-19)15-22-24(28)26(20-12-5-6-13-21(20)30-22)16-23(27)25-18-9-3-2-4-10-18/h5-8,11-15,18,21H,2-4,9-10,16H2,1H3/p+1/b22-15+. The van der Waals surface area contributed by atoms with Crippen LogP contribution in [0.1, 0.15) is 37.7 Å². The monoisotopic (exact) mass is 407 g/mol. The number of methoxy groups -OCH3 is 1. The van der Waals surface area contributed by atoms with Crippen molar-refractivity contribution in [2.24, 2.45) is 0 Å². The molecule has 0 saturated heterocycles. The van der Waals surface area contributed by atoms with Gasteiger partial charge in [0, 0.05) is 12.1 Å². The quantitative estimate of drug-likeness (QED) is 0.602. The Bertz CT molecular complexity index is 952. The van der Waals surface area contributed by atoms with Gasteiger partial charge in [-0.2, -0.15) is 0 Å². The number of carbonyl (C=O) groups is 2. The summed E-state index contributed by atoms with van der Waals surface area (Å²) in [6.07, 6.45) is 14.3. The Morgan fingerprint density at radius 2 is 2.10 bits per heavy atom. The molecule has 1 atom stereocenters. The maximum Gasteiger partial charge on any atom is 0.455 e. The molecule has 1 unspecified atom stereocenters. The van der Waals surface area contributed by atoms with Gasteiger partial charge in [0.05, 0.1) is 7.11 Å². The van der Waals surface area contributed by atoms with E-state index >= 15 is 0 Å². The zero-order valence-corrected chi connectivity index (χ0v) is 17.2. The van der Waals surface area contributed by atoms with Gasteiger partial charge in [-0.05, 0) is 42.7 Å². The topological polar surface area (TPSA) is 67.6 Å². The van der Waals surface area contributed by atoms with Gasteiger partial charge in [0.2, 0.25) is 24.1 Å². The van der Waals surface area contributed by atoms with Crippen molar-refractivity contribution in [3.05, 3.63) is 59.9 Å². The second-order valence-electron chi connectivity index (χ2n) is 7.79. The lowest BCUT2D eigenvalue weighted by molar-refractivity contribution is -0.443. The average Bonchev–Trinajstić information content (AvgIpc) is 2.77. The van der Waals surface area contributed by atoms with Crippen molar-refractivity contribution in [2.75, 3.05) is 13.7 Å². The third-order valence-corrected chi connectivity index (χ3v) is 5.64. The molecule has 6 nitrogen and oxygen atoms in total. The number of nitrogens with one attached hydrogen (secondary N) is 1. The zero-order valence-electron chi connectivity index (χ0n) is 17.2. The van der Waals surface area contributed by atoms with Gasteiger partial charge in [0.1, 0.15) is 5.75 Å². The third-order valence-electron chi connectivity index (χ3n) is 5.64. The summed E-state index contributed by atoms with van der Waals surface area (Å²) < 4.78 is 12.8. The first-order chi connectivity index (χ1) is 14.6. The minimum Gasteiger partial charge on any atom is -0.497 e. The molecule has 1 aromatic rings. The van der Waals surface area contributed by atoms with E-state index in [4.69, 9.17) is 9.47 Å². The van der Waals surface area contributed by atoms with Crippen LogP contribution in [0.5, 0.6) is 5.75 Å². The van der Waals surface area contributed by atoms with Crippen LogP contribution < -0.4 is 10.1 Å². The number of fused-ring (bicyclic) bond motifs is 1. The Kier molecular flexibility index (Phi) is 6.12. The molecule has 30 heavy (non-hydrogen) atoms. The van der Waals surface area contributed by atoms with Crippen LogP contribution in [0.4, 0.5) is 0 Å². The highest BCUT2D eigenvalue weighted by atomic mass is 16.5. The summed E-state index contributed by atoms with van der Waals surface area (Å²) in [7, 11) is 1.60. The lowest BCUT2D eigenvalue weighted by Crippen LogP contribution is -2.48. The number of hydrogen-bond acceptors (Lipinski definition) is 4. The molecule has 1 fully saturated rings. The minimum absolute atomic E-state index is 0.0157. The van der Waals surface area contributed by atoms with Crippen LogP contribution in [-0.4, -0.2) is 47.9 Å². The van der Waals surface area contributed by atoms with Gasteiger partial charge in [-0.25, -0.2) is 4.79 Å². The van der Waals surface area contributed by atoms with E-state index in [9.17, 15) is 9.59 Å². The molecule has 0 radical (unpaired) electrons. The number of nitrogens with zero attached hydrogens (tertiary/aromatic N) is 1. The van der Waals surface area contributed by atoms with Crippen molar-refractivity contribution >= 4 is 23.6 Å². The van der Waals surface area contributed by atoms with Gasteiger partial charge < -0.3 is 14.8 Å². The lowest BCUT2D eigenvalue weighted by Gasteiger charge is -2.24. The number of allylic oxidation sites excluding steroid dienone is 2. The van der Waals surface area contributed by atoms with Crippen LogP contribution in [0.3, 0.4) is 0 Å². The van der Waals surface area contributed by atoms with E-state index in [0.717, 1.165) is 31.2 Å². The van der Waals surface area contributed by atoms with Crippen LogP contribution >= 0.6 is 0 Å². The van der Waals surface area contributed by atoms with E-state index in [1.807, 2.05) is 48.6 Å². The zero-order chi connectivity index (χ0) is 20.9. The van der Waals surface area contributed by atoms with Gasteiger partial charge in [-0.3, -0.25) is 4.79 Å². The fraction of sp³-hybridized carbons (Fsp3) is 0.375. The smallest absolute Gasteiger partial charge is 0.455 e. The molecule has 4 rings (SSSR count). The van der Waals surface area contributed by atoms with E-state index in [1.165, 1.54) is 11.0 Å². The SMILES string of the molecule is COc1cccc(/C=C2/OC3C=CC=CC3=[N+](CC(=O)NC3CCCCC3)C2=O)c1. The summed E-state index contributed by atoms with van der Waals surface area (Å²) >= 11 is 0. The van der Waals surface area contributed by atoms with E-state index in [0.29, 0.717) is 11.5 Å². The Hall–Kier alpha value is -3.15. The second kappa shape index (κ2) is 9.11. The van der Waals surface area contributed by atoms with Gasteiger partial charge in [-0.1, -0.05) is 43.5 Å². The first-order valence-corrected chi connectivity index (χ1v) is 10.5. The van der Waals surface area contributed by atoms with Gasteiger partial charge in [-0.15, -0.1) is 4.58 Å². The fourth-order valence-corrected chi connectivity index (χ4v) is 4.10. The van der Waals surface area contributed by atoms with Crippen molar-refractivity contribution in [1.82, 2.24) is 5.32 Å². The molecule has 156 valence electrons. The second-order valence-corrected chi connectivity index (χ2v) is 7.79. The maximum atomic E-state index is 13.2. The Morgan fingerprint density at radius 3 is 2.90 bits per heavy atom. The minimum atomic E-state index is -0.396. The summed E-state index contributed by atoms with van der Waals surface area (Å²) in [5.74, 6) is 0.460. The van der Waals surface area contributed by atoms with E-state index in [1.54, 1.807) is 13.2 Å². The summed E-state index contributed by atoms with van der Waals surface area (Å²) in [6, 6.07) is 7.61. The average molecular weight is 407 g/mol. The molecule has 0 spiro atoms. The lowest BCUT2D eigenvalue weighted by atomic mass is 9.95. The first kappa shape index (κ1) is 20.1. The summed E-state index contributed by atoms with van der Waals surface area (Å²) in [6.45, 7) is -0.0157. The van der Waals surface area contributed by atoms with Crippen molar-refractivity contribution in [2.45, 2.75) is 44.2 Å². The highest BCUT2D eigenvalue weighted by Gasteiger charge is 2.40.